The summed E-state index contributed by atoms with van der Waals surface area (Å²) in [6.07, 6.45) is 8.53. The predicted molar refractivity (Wildman–Crippen MR) is 90.1 cm³/mol. The second-order valence-corrected chi connectivity index (χ2v) is 7.26. The zero-order valence-electron chi connectivity index (χ0n) is 14.7. The van der Waals surface area contributed by atoms with E-state index in [-0.39, 0.29) is 17.5 Å². The van der Waals surface area contributed by atoms with Crippen molar-refractivity contribution in [3.05, 3.63) is 46.4 Å². The molecule has 2 aliphatic carbocycles. The maximum atomic E-state index is 12.1. The monoisotopic (exact) mass is 314 g/mol. The highest BCUT2D eigenvalue weighted by atomic mass is 16.5. The Hall–Kier alpha value is -1.77. The average Bonchev–Trinajstić information content (AvgIpc) is 2.88. The molecule has 0 N–H and O–H groups in total. The summed E-state index contributed by atoms with van der Waals surface area (Å²) in [4.78, 5) is 12.1. The maximum absolute atomic E-state index is 12.1. The maximum Gasteiger partial charge on any atom is 0.333 e. The first-order chi connectivity index (χ1) is 10.9. The van der Waals surface area contributed by atoms with Crippen molar-refractivity contribution >= 4 is 5.97 Å². The molecule has 0 saturated carbocycles. The van der Waals surface area contributed by atoms with Crippen molar-refractivity contribution in [2.24, 2.45) is 11.3 Å². The standard InChI is InChI=1S/C20H26O3/c1-6-12(2)19(21)23-17-8-7-15-9-18-16(13(3)11-22-18)10-20(15,5)14(17)4/h6-7,11,14,17H,8-10H2,1-5H3/t14-,17-,20+/m0/s1. The number of fused-ring (bicyclic) bond motifs is 2. The van der Waals surface area contributed by atoms with Crippen LogP contribution in [0.2, 0.25) is 0 Å². The molecule has 2 aliphatic rings. The van der Waals surface area contributed by atoms with Gasteiger partial charge in [0, 0.05) is 24.3 Å². The number of ether oxygens (including phenoxy) is 1. The van der Waals surface area contributed by atoms with Gasteiger partial charge in [-0.25, -0.2) is 4.79 Å². The van der Waals surface area contributed by atoms with Gasteiger partial charge in [0.2, 0.25) is 0 Å². The summed E-state index contributed by atoms with van der Waals surface area (Å²) in [6.45, 7) is 10.3. The molecule has 1 heterocycles. The molecule has 0 radical (unpaired) electrons. The van der Waals surface area contributed by atoms with Crippen LogP contribution in [-0.4, -0.2) is 12.1 Å². The fourth-order valence-corrected chi connectivity index (χ4v) is 3.89. The summed E-state index contributed by atoms with van der Waals surface area (Å²) in [5.41, 5.74) is 4.72. The minimum absolute atomic E-state index is 0.0364. The van der Waals surface area contributed by atoms with E-state index >= 15 is 0 Å². The first-order valence-corrected chi connectivity index (χ1v) is 8.46. The summed E-state index contributed by atoms with van der Waals surface area (Å²) >= 11 is 0. The first kappa shape index (κ1) is 16.1. The zero-order chi connectivity index (χ0) is 16.8. The number of carbonyl (C=O) groups excluding carboxylic acids is 1. The molecule has 0 saturated heterocycles. The van der Waals surface area contributed by atoms with Crippen LogP contribution in [0.25, 0.3) is 0 Å². The molecule has 3 rings (SSSR count). The van der Waals surface area contributed by atoms with E-state index in [1.807, 2.05) is 13.2 Å². The first-order valence-electron chi connectivity index (χ1n) is 8.46. The van der Waals surface area contributed by atoms with Gasteiger partial charge in [-0.15, -0.1) is 0 Å². The smallest absolute Gasteiger partial charge is 0.333 e. The van der Waals surface area contributed by atoms with Crippen molar-refractivity contribution in [2.45, 2.75) is 60.0 Å². The van der Waals surface area contributed by atoms with Gasteiger partial charge in [0.1, 0.15) is 11.9 Å². The van der Waals surface area contributed by atoms with Gasteiger partial charge in [-0.05, 0) is 43.7 Å². The lowest BCUT2D eigenvalue weighted by Crippen LogP contribution is -2.44. The lowest BCUT2D eigenvalue weighted by atomic mass is 9.59. The highest BCUT2D eigenvalue weighted by molar-refractivity contribution is 5.87. The van der Waals surface area contributed by atoms with Crippen molar-refractivity contribution < 1.29 is 13.9 Å². The lowest BCUT2D eigenvalue weighted by molar-refractivity contribution is -0.149. The molecule has 0 aliphatic heterocycles. The van der Waals surface area contributed by atoms with Crippen LogP contribution >= 0.6 is 0 Å². The summed E-state index contributed by atoms with van der Waals surface area (Å²) in [6, 6.07) is 0. The van der Waals surface area contributed by atoms with Gasteiger partial charge in [-0.1, -0.05) is 31.6 Å². The number of esters is 1. The van der Waals surface area contributed by atoms with Gasteiger partial charge >= 0.3 is 5.97 Å². The summed E-state index contributed by atoms with van der Waals surface area (Å²) in [5, 5.41) is 0. The minimum Gasteiger partial charge on any atom is -0.468 e. The van der Waals surface area contributed by atoms with Gasteiger partial charge in [-0.2, -0.15) is 0 Å². The third-order valence-electron chi connectivity index (χ3n) is 5.99. The fourth-order valence-electron chi connectivity index (χ4n) is 3.89. The molecule has 23 heavy (non-hydrogen) atoms. The molecule has 0 spiro atoms. The molecule has 0 aromatic carbocycles. The Morgan fingerprint density at radius 2 is 2.22 bits per heavy atom. The topological polar surface area (TPSA) is 39.4 Å². The molecule has 3 nitrogen and oxygen atoms in total. The number of rotatable bonds is 2. The number of furan rings is 1. The number of hydrogen-bond acceptors (Lipinski definition) is 3. The average molecular weight is 314 g/mol. The van der Waals surface area contributed by atoms with E-state index in [0.29, 0.717) is 11.5 Å². The Bertz CT molecular complexity index is 692. The fraction of sp³-hybridized carbons (Fsp3) is 0.550. The van der Waals surface area contributed by atoms with Gasteiger partial charge in [0.25, 0.3) is 0 Å². The Morgan fingerprint density at radius 3 is 2.91 bits per heavy atom. The van der Waals surface area contributed by atoms with Crippen LogP contribution in [0, 0.1) is 18.3 Å². The molecular weight excluding hydrogens is 288 g/mol. The zero-order valence-corrected chi connectivity index (χ0v) is 14.7. The Morgan fingerprint density at radius 1 is 1.48 bits per heavy atom. The predicted octanol–water partition coefficient (Wildman–Crippen LogP) is 4.54. The van der Waals surface area contributed by atoms with E-state index in [0.717, 1.165) is 25.0 Å². The molecule has 1 aromatic heterocycles. The second kappa shape index (κ2) is 5.70. The van der Waals surface area contributed by atoms with Gasteiger partial charge in [0.15, 0.2) is 0 Å². The van der Waals surface area contributed by atoms with Crippen molar-refractivity contribution in [3.8, 4) is 0 Å². The van der Waals surface area contributed by atoms with Crippen LogP contribution in [0.3, 0.4) is 0 Å². The summed E-state index contributed by atoms with van der Waals surface area (Å²) < 4.78 is 11.5. The highest BCUT2D eigenvalue weighted by Crippen LogP contribution is 2.50. The Kier molecular flexibility index (Phi) is 3.99. The molecule has 3 heteroatoms. The Labute approximate surface area is 138 Å². The van der Waals surface area contributed by atoms with Crippen LogP contribution in [0.15, 0.2) is 34.0 Å². The van der Waals surface area contributed by atoms with Crippen molar-refractivity contribution in [3.63, 3.8) is 0 Å². The van der Waals surface area contributed by atoms with Crippen LogP contribution in [0.4, 0.5) is 0 Å². The van der Waals surface area contributed by atoms with E-state index in [1.165, 1.54) is 16.7 Å². The van der Waals surface area contributed by atoms with Crippen LogP contribution in [0.5, 0.6) is 0 Å². The largest absolute Gasteiger partial charge is 0.468 e. The molecule has 3 atom stereocenters. The number of hydrogen-bond donors (Lipinski definition) is 0. The van der Waals surface area contributed by atoms with Crippen molar-refractivity contribution in [1.82, 2.24) is 0 Å². The van der Waals surface area contributed by atoms with E-state index in [4.69, 9.17) is 9.15 Å². The van der Waals surface area contributed by atoms with Gasteiger partial charge in [0.05, 0.1) is 6.26 Å². The van der Waals surface area contributed by atoms with Crippen molar-refractivity contribution in [2.75, 3.05) is 0 Å². The second-order valence-electron chi connectivity index (χ2n) is 7.26. The van der Waals surface area contributed by atoms with Gasteiger partial charge in [-0.3, -0.25) is 0 Å². The highest BCUT2D eigenvalue weighted by Gasteiger charge is 2.46. The molecule has 0 unspecified atom stereocenters. The molecule has 0 fully saturated rings. The molecule has 1 aromatic rings. The number of aryl methyl sites for hydroxylation is 1. The van der Waals surface area contributed by atoms with Crippen molar-refractivity contribution in [1.29, 1.82) is 0 Å². The summed E-state index contributed by atoms with van der Waals surface area (Å²) in [7, 11) is 0. The normalized spacial score (nSPS) is 30.3. The van der Waals surface area contributed by atoms with E-state index < -0.39 is 0 Å². The molecule has 124 valence electrons. The third-order valence-corrected chi connectivity index (χ3v) is 5.99. The third kappa shape index (κ3) is 2.56. The minimum atomic E-state index is -0.194. The molecular formula is C20H26O3. The van der Waals surface area contributed by atoms with Crippen LogP contribution in [0.1, 0.15) is 51.0 Å². The molecule has 0 bridgehead atoms. The number of carbonyl (C=O) groups is 1. The van der Waals surface area contributed by atoms with Crippen LogP contribution < -0.4 is 0 Å². The lowest BCUT2D eigenvalue weighted by Gasteiger charge is -2.47. The number of allylic oxidation sites excluding steroid dienone is 2. The summed E-state index contributed by atoms with van der Waals surface area (Å²) in [5.74, 6) is 1.21. The van der Waals surface area contributed by atoms with Crippen LogP contribution in [-0.2, 0) is 22.4 Å². The van der Waals surface area contributed by atoms with E-state index in [2.05, 4.69) is 26.8 Å². The van der Waals surface area contributed by atoms with E-state index in [9.17, 15) is 4.79 Å². The SMILES string of the molecule is CC=C(C)C(=O)O[C@H]1CC=C2Cc3occ(C)c3C[C@]2(C)[C@H]1C. The molecule has 0 amide bonds. The van der Waals surface area contributed by atoms with Gasteiger partial charge < -0.3 is 9.15 Å². The quantitative estimate of drug-likeness (QED) is 0.457. The Balaban J connectivity index is 1.87. The van der Waals surface area contributed by atoms with E-state index in [1.54, 1.807) is 13.0 Å².